The molecule has 0 radical (unpaired) electrons. The fraction of sp³-hybridized carbons (Fsp3) is 0.900. The molecule has 0 heterocycles. The SMILES string of the molecule is CCCC(C)NC(=O)CS(=O)(=O)CCCN. The molecule has 0 aromatic heterocycles. The van der Waals surface area contributed by atoms with Crippen LogP contribution in [0, 0.1) is 0 Å². The molecule has 0 aliphatic carbocycles. The van der Waals surface area contributed by atoms with Gasteiger partial charge >= 0.3 is 0 Å². The molecule has 1 amide bonds. The fourth-order valence-corrected chi connectivity index (χ4v) is 2.63. The Balaban J connectivity index is 4.03. The zero-order chi connectivity index (χ0) is 12.6. The van der Waals surface area contributed by atoms with Gasteiger partial charge in [-0.05, 0) is 26.3 Å². The largest absolute Gasteiger partial charge is 0.353 e. The van der Waals surface area contributed by atoms with Crippen molar-refractivity contribution in [2.24, 2.45) is 5.73 Å². The van der Waals surface area contributed by atoms with Crippen molar-refractivity contribution in [3.8, 4) is 0 Å². The molecule has 1 atom stereocenters. The monoisotopic (exact) mass is 250 g/mol. The lowest BCUT2D eigenvalue weighted by Crippen LogP contribution is -2.37. The van der Waals surface area contributed by atoms with Gasteiger partial charge in [-0.2, -0.15) is 0 Å². The molecule has 0 aliphatic rings. The van der Waals surface area contributed by atoms with Gasteiger partial charge < -0.3 is 11.1 Å². The number of rotatable bonds is 8. The lowest BCUT2D eigenvalue weighted by atomic mass is 10.2. The van der Waals surface area contributed by atoms with Gasteiger partial charge in [0, 0.05) is 6.04 Å². The van der Waals surface area contributed by atoms with Crippen molar-refractivity contribution in [3.63, 3.8) is 0 Å². The molecule has 0 aromatic rings. The standard InChI is InChI=1S/C10H22N2O3S/c1-3-5-9(2)12-10(13)8-16(14,15)7-4-6-11/h9H,3-8,11H2,1-2H3,(H,12,13). The van der Waals surface area contributed by atoms with Gasteiger partial charge in [0.1, 0.15) is 5.75 Å². The Morgan fingerprint density at radius 2 is 2.06 bits per heavy atom. The summed E-state index contributed by atoms with van der Waals surface area (Å²) in [6, 6.07) is 0.0298. The summed E-state index contributed by atoms with van der Waals surface area (Å²) in [5.74, 6) is -0.863. The zero-order valence-corrected chi connectivity index (χ0v) is 10.8. The van der Waals surface area contributed by atoms with E-state index in [1.807, 2.05) is 13.8 Å². The minimum Gasteiger partial charge on any atom is -0.353 e. The number of nitrogens with two attached hydrogens (primary N) is 1. The van der Waals surface area contributed by atoms with E-state index in [4.69, 9.17) is 5.73 Å². The molecule has 0 rings (SSSR count). The van der Waals surface area contributed by atoms with Crippen molar-refractivity contribution in [2.75, 3.05) is 18.1 Å². The Hall–Kier alpha value is -0.620. The Bertz CT molecular complexity index is 301. The highest BCUT2D eigenvalue weighted by Crippen LogP contribution is 1.97. The molecule has 0 aromatic carbocycles. The maximum absolute atomic E-state index is 11.4. The molecule has 0 saturated carbocycles. The van der Waals surface area contributed by atoms with Crippen molar-refractivity contribution in [1.82, 2.24) is 5.32 Å². The van der Waals surface area contributed by atoms with Crippen molar-refractivity contribution in [3.05, 3.63) is 0 Å². The van der Waals surface area contributed by atoms with Crippen LogP contribution in [0.2, 0.25) is 0 Å². The number of nitrogens with one attached hydrogen (secondary N) is 1. The van der Waals surface area contributed by atoms with Gasteiger partial charge in [-0.25, -0.2) is 8.42 Å². The summed E-state index contributed by atoms with van der Waals surface area (Å²) >= 11 is 0. The second-order valence-electron chi connectivity index (χ2n) is 3.99. The van der Waals surface area contributed by atoms with Gasteiger partial charge in [-0.15, -0.1) is 0 Å². The van der Waals surface area contributed by atoms with Crippen LogP contribution in [0.5, 0.6) is 0 Å². The number of carbonyl (C=O) groups excluding carboxylic acids is 1. The summed E-state index contributed by atoms with van der Waals surface area (Å²) in [5.41, 5.74) is 5.22. The van der Waals surface area contributed by atoms with Crippen LogP contribution < -0.4 is 11.1 Å². The summed E-state index contributed by atoms with van der Waals surface area (Å²) in [6.07, 6.45) is 2.22. The second-order valence-corrected chi connectivity index (χ2v) is 6.18. The van der Waals surface area contributed by atoms with Gasteiger partial charge in [0.2, 0.25) is 5.91 Å². The van der Waals surface area contributed by atoms with E-state index in [9.17, 15) is 13.2 Å². The van der Waals surface area contributed by atoms with E-state index >= 15 is 0 Å². The summed E-state index contributed by atoms with van der Waals surface area (Å²) in [6.45, 7) is 4.21. The van der Waals surface area contributed by atoms with E-state index in [0.717, 1.165) is 12.8 Å². The molecule has 0 spiro atoms. The molecule has 1 unspecified atom stereocenters. The number of amides is 1. The van der Waals surface area contributed by atoms with Crippen molar-refractivity contribution in [2.45, 2.75) is 39.2 Å². The Kier molecular flexibility index (Phi) is 7.33. The summed E-state index contributed by atoms with van der Waals surface area (Å²) < 4.78 is 22.8. The third kappa shape index (κ3) is 7.64. The van der Waals surface area contributed by atoms with Crippen LogP contribution in [0.1, 0.15) is 33.1 Å². The van der Waals surface area contributed by atoms with Crippen molar-refractivity contribution in [1.29, 1.82) is 0 Å². The molecule has 96 valence electrons. The normalized spacial score (nSPS) is 13.4. The molecule has 0 aliphatic heterocycles. The topological polar surface area (TPSA) is 89.3 Å². The molecule has 3 N–H and O–H groups in total. The zero-order valence-electron chi connectivity index (χ0n) is 10.0. The van der Waals surface area contributed by atoms with Gasteiger partial charge in [0.15, 0.2) is 9.84 Å². The Morgan fingerprint density at radius 3 is 2.56 bits per heavy atom. The number of hydrogen-bond donors (Lipinski definition) is 2. The molecule has 6 heteroatoms. The number of carbonyl (C=O) groups is 1. The molecular weight excluding hydrogens is 228 g/mol. The highest BCUT2D eigenvalue weighted by atomic mass is 32.2. The molecule has 0 fully saturated rings. The predicted molar refractivity (Wildman–Crippen MR) is 64.8 cm³/mol. The van der Waals surface area contributed by atoms with Crippen LogP contribution in [-0.2, 0) is 14.6 Å². The van der Waals surface area contributed by atoms with Crippen LogP contribution in [0.25, 0.3) is 0 Å². The summed E-state index contributed by atoms with van der Waals surface area (Å²) in [4.78, 5) is 11.4. The van der Waals surface area contributed by atoms with E-state index < -0.39 is 21.5 Å². The third-order valence-corrected chi connectivity index (χ3v) is 3.75. The van der Waals surface area contributed by atoms with Gasteiger partial charge in [-0.1, -0.05) is 13.3 Å². The average molecular weight is 250 g/mol. The first-order chi connectivity index (χ1) is 7.41. The Morgan fingerprint density at radius 1 is 1.44 bits per heavy atom. The van der Waals surface area contributed by atoms with Crippen LogP contribution in [0.4, 0.5) is 0 Å². The first-order valence-corrected chi connectivity index (χ1v) is 7.43. The van der Waals surface area contributed by atoms with Crippen LogP contribution >= 0.6 is 0 Å². The minimum atomic E-state index is -3.30. The first kappa shape index (κ1) is 15.4. The smallest absolute Gasteiger partial charge is 0.235 e. The minimum absolute atomic E-state index is 0.0148. The van der Waals surface area contributed by atoms with Crippen LogP contribution in [0.3, 0.4) is 0 Å². The van der Waals surface area contributed by atoms with E-state index in [0.29, 0.717) is 13.0 Å². The summed E-state index contributed by atoms with van der Waals surface area (Å²) in [5, 5.41) is 2.66. The van der Waals surface area contributed by atoms with E-state index in [1.165, 1.54) is 0 Å². The predicted octanol–water partition coefficient (Wildman–Crippen LogP) is 0.0548. The third-order valence-electron chi connectivity index (χ3n) is 2.14. The second kappa shape index (κ2) is 7.62. The lowest BCUT2D eigenvalue weighted by Gasteiger charge is -2.12. The van der Waals surface area contributed by atoms with Crippen molar-refractivity contribution >= 4 is 15.7 Å². The molecular formula is C10H22N2O3S. The molecule has 0 saturated heterocycles. The van der Waals surface area contributed by atoms with Crippen LogP contribution in [-0.4, -0.2) is 38.4 Å². The highest BCUT2D eigenvalue weighted by Gasteiger charge is 2.17. The number of hydrogen-bond acceptors (Lipinski definition) is 4. The molecule has 5 nitrogen and oxygen atoms in total. The van der Waals surface area contributed by atoms with Gasteiger partial charge in [0.05, 0.1) is 5.75 Å². The van der Waals surface area contributed by atoms with E-state index in [-0.39, 0.29) is 11.8 Å². The molecule has 0 bridgehead atoms. The first-order valence-electron chi connectivity index (χ1n) is 5.61. The van der Waals surface area contributed by atoms with Crippen molar-refractivity contribution < 1.29 is 13.2 Å². The lowest BCUT2D eigenvalue weighted by molar-refractivity contribution is -0.119. The molecule has 16 heavy (non-hydrogen) atoms. The maximum atomic E-state index is 11.4. The Labute approximate surface area is 97.7 Å². The number of sulfone groups is 1. The van der Waals surface area contributed by atoms with Crippen LogP contribution in [0.15, 0.2) is 0 Å². The average Bonchev–Trinajstić information content (AvgIpc) is 2.13. The van der Waals surface area contributed by atoms with E-state index in [2.05, 4.69) is 5.32 Å². The fourth-order valence-electron chi connectivity index (χ4n) is 1.40. The van der Waals surface area contributed by atoms with E-state index in [1.54, 1.807) is 0 Å². The maximum Gasteiger partial charge on any atom is 0.235 e. The summed E-state index contributed by atoms with van der Waals surface area (Å²) in [7, 11) is -3.30. The van der Waals surface area contributed by atoms with Gasteiger partial charge in [0.25, 0.3) is 0 Å². The highest BCUT2D eigenvalue weighted by molar-refractivity contribution is 7.92. The quantitative estimate of drug-likeness (QED) is 0.637. The van der Waals surface area contributed by atoms with Gasteiger partial charge in [-0.3, -0.25) is 4.79 Å².